The Hall–Kier alpha value is -2.40. The number of nitrogen functional groups attached to an aromatic ring is 1. The molecule has 0 spiro atoms. The molecule has 152 valence electrons. The van der Waals surface area contributed by atoms with Crippen LogP contribution >= 0.6 is 23.2 Å². The summed E-state index contributed by atoms with van der Waals surface area (Å²) in [7, 11) is 0. The first kappa shape index (κ1) is 21.9. The van der Waals surface area contributed by atoms with Crippen molar-refractivity contribution in [3.05, 3.63) is 46.4 Å². The van der Waals surface area contributed by atoms with Crippen LogP contribution in [-0.4, -0.2) is 34.6 Å². The summed E-state index contributed by atoms with van der Waals surface area (Å²) < 4.78 is 80.6. The second-order valence-electron chi connectivity index (χ2n) is 5.23. The summed E-state index contributed by atoms with van der Waals surface area (Å²) in [5.74, 6) is -1.88. The Labute approximate surface area is 163 Å². The Kier molecular flexibility index (Phi) is 6.19. The molecule has 1 heterocycles. The van der Waals surface area contributed by atoms with Crippen LogP contribution in [0.15, 0.2) is 35.7 Å². The van der Waals surface area contributed by atoms with E-state index in [-0.39, 0.29) is 21.4 Å². The first-order valence-corrected chi connectivity index (χ1v) is 7.89. The van der Waals surface area contributed by atoms with E-state index in [0.29, 0.717) is 0 Å². The number of nitrogens with one attached hydrogen (secondary N) is 1. The van der Waals surface area contributed by atoms with Gasteiger partial charge in [-0.15, -0.1) is 0 Å². The molecule has 0 atom stereocenters. The molecule has 0 aliphatic heterocycles. The molecule has 0 saturated carbocycles. The number of hydrogen-bond acceptors (Lipinski definition) is 4. The summed E-state index contributed by atoms with van der Waals surface area (Å²) in [6.45, 7) is 1.07. The summed E-state index contributed by atoms with van der Waals surface area (Å²) in [6, 6.07) is 4.18. The quantitative estimate of drug-likeness (QED) is 0.368. The lowest BCUT2D eigenvalue weighted by atomic mass is 10.2. The molecule has 1 aromatic heterocycles. The molecule has 3 N–H and O–H groups in total. The van der Waals surface area contributed by atoms with Crippen LogP contribution in [0.3, 0.4) is 0 Å². The maximum atomic E-state index is 13.4. The summed E-state index contributed by atoms with van der Waals surface area (Å²) in [5.41, 5.74) is 3.22. The normalized spacial score (nSPS) is 12.9. The van der Waals surface area contributed by atoms with E-state index in [9.17, 15) is 26.3 Å². The van der Waals surface area contributed by atoms with Crippen molar-refractivity contribution in [2.24, 2.45) is 4.99 Å². The summed E-state index contributed by atoms with van der Waals surface area (Å²) in [4.78, 5) is 9.05. The van der Waals surface area contributed by atoms with Gasteiger partial charge in [-0.2, -0.15) is 26.3 Å². The highest BCUT2D eigenvalue weighted by Gasteiger charge is 2.40. The third-order valence-electron chi connectivity index (χ3n) is 3.06. The minimum absolute atomic E-state index is 0.119. The molecule has 2 rings (SSSR count). The number of nitrogens with zero attached hydrogens (tertiary/aromatic N) is 2. The zero-order chi connectivity index (χ0) is 21.3. The molecule has 1 aromatic carbocycles. The number of H-pyrrole nitrogens is 1. The van der Waals surface area contributed by atoms with Crippen LogP contribution in [0, 0.1) is 0 Å². The molecule has 0 aliphatic rings. The molecule has 0 aliphatic carbocycles. The molecule has 0 bridgehead atoms. The third-order valence-corrected chi connectivity index (χ3v) is 3.62. The van der Waals surface area contributed by atoms with Gasteiger partial charge in [0.1, 0.15) is 11.5 Å². The first-order valence-electron chi connectivity index (χ1n) is 7.13. The van der Waals surface area contributed by atoms with E-state index in [1.807, 2.05) is 0 Å². The number of aliphatic imine (C=N–C) groups is 1. The van der Waals surface area contributed by atoms with Crippen LogP contribution in [0.25, 0.3) is 11.4 Å². The number of anilines is 1. The Balaban J connectivity index is 2.46. The maximum Gasteiger partial charge on any atom is 0.435 e. The van der Waals surface area contributed by atoms with Crippen LogP contribution < -0.4 is 5.73 Å². The van der Waals surface area contributed by atoms with Gasteiger partial charge < -0.3 is 15.5 Å². The molecular formula is C15H10Cl2F6N4O. The Bertz CT molecular complexity index is 920. The molecule has 2 aromatic rings. The fourth-order valence-electron chi connectivity index (χ4n) is 1.96. The number of ether oxygens (including phenoxy) is 1. The molecular weight excluding hydrogens is 437 g/mol. The van der Waals surface area contributed by atoms with E-state index in [0.717, 1.165) is 0 Å². The lowest BCUT2D eigenvalue weighted by Gasteiger charge is -2.12. The van der Waals surface area contributed by atoms with Gasteiger partial charge in [0.25, 0.3) is 0 Å². The van der Waals surface area contributed by atoms with Crippen molar-refractivity contribution in [3.8, 4) is 11.4 Å². The molecule has 28 heavy (non-hydrogen) atoms. The largest absolute Gasteiger partial charge is 0.468 e. The van der Waals surface area contributed by atoms with Crippen LogP contribution in [0.5, 0.6) is 0 Å². The zero-order valence-electron chi connectivity index (χ0n) is 13.6. The van der Waals surface area contributed by atoms with Gasteiger partial charge in [-0.3, -0.25) is 0 Å². The van der Waals surface area contributed by atoms with E-state index in [1.54, 1.807) is 0 Å². The minimum Gasteiger partial charge on any atom is -0.468 e. The van der Waals surface area contributed by atoms with Gasteiger partial charge in [0.05, 0.1) is 5.02 Å². The van der Waals surface area contributed by atoms with Crippen LogP contribution in [0.4, 0.5) is 32.2 Å². The van der Waals surface area contributed by atoms with Gasteiger partial charge in [-0.05, 0) is 24.8 Å². The summed E-state index contributed by atoms with van der Waals surface area (Å²) in [6.07, 6.45) is -9.89. The second-order valence-corrected chi connectivity index (χ2v) is 6.07. The predicted molar refractivity (Wildman–Crippen MR) is 92.2 cm³/mol. The van der Waals surface area contributed by atoms with Crippen molar-refractivity contribution in [1.82, 2.24) is 9.97 Å². The van der Waals surface area contributed by atoms with Gasteiger partial charge in [0.2, 0.25) is 5.88 Å². The maximum absolute atomic E-state index is 13.4. The molecule has 0 fully saturated rings. The predicted octanol–water partition coefficient (Wildman–Crippen LogP) is 5.37. The summed E-state index contributed by atoms with van der Waals surface area (Å²) >= 11 is 11.8. The zero-order valence-corrected chi connectivity index (χ0v) is 15.1. The van der Waals surface area contributed by atoms with Crippen molar-refractivity contribution in [2.75, 3.05) is 12.3 Å². The second kappa shape index (κ2) is 7.92. The lowest BCUT2D eigenvalue weighted by Crippen LogP contribution is -2.26. The topological polar surface area (TPSA) is 76.3 Å². The molecule has 5 nitrogen and oxygen atoms in total. The van der Waals surface area contributed by atoms with Crippen LogP contribution in [0.1, 0.15) is 5.69 Å². The fraction of sp³-hybridized carbons (Fsp3) is 0.200. The number of halogens is 8. The average Bonchev–Trinajstić information content (AvgIpc) is 2.92. The standard InChI is InChI=1S/C15H10Cl2F6N4O/c1-6(28-5-14(18,19)20)25-11(15(21,22)23)10-12(24)27-13(26-10)8-4-7(16)2-3-9(8)17/h2-4H,1,5,24H2,(H,26,27). The fourth-order valence-corrected chi connectivity index (χ4v) is 2.34. The van der Waals surface area contributed by atoms with E-state index in [4.69, 9.17) is 28.9 Å². The van der Waals surface area contributed by atoms with Crippen molar-refractivity contribution in [1.29, 1.82) is 0 Å². The van der Waals surface area contributed by atoms with Gasteiger partial charge in [0, 0.05) is 10.6 Å². The Morgan fingerprint density at radius 3 is 2.43 bits per heavy atom. The molecule has 0 unspecified atom stereocenters. The highest BCUT2D eigenvalue weighted by atomic mass is 35.5. The van der Waals surface area contributed by atoms with Gasteiger partial charge in [-0.1, -0.05) is 23.2 Å². The number of rotatable bonds is 5. The lowest BCUT2D eigenvalue weighted by molar-refractivity contribution is -0.164. The van der Waals surface area contributed by atoms with Crippen LogP contribution in [0.2, 0.25) is 10.0 Å². The van der Waals surface area contributed by atoms with Crippen molar-refractivity contribution < 1.29 is 31.1 Å². The SMILES string of the molecule is C=C(N=C(c1[nH]c(-c2cc(Cl)ccc2Cl)nc1N)C(F)(F)F)OCC(F)(F)F. The molecule has 0 amide bonds. The van der Waals surface area contributed by atoms with Crippen molar-refractivity contribution in [3.63, 3.8) is 0 Å². The van der Waals surface area contributed by atoms with E-state index in [1.165, 1.54) is 18.2 Å². The molecule has 0 saturated heterocycles. The number of alkyl halides is 6. The van der Waals surface area contributed by atoms with Crippen LogP contribution in [-0.2, 0) is 4.74 Å². The molecule has 0 radical (unpaired) electrons. The number of aromatic amines is 1. The Morgan fingerprint density at radius 1 is 1.21 bits per heavy atom. The number of nitrogens with two attached hydrogens (primary N) is 1. The third kappa shape index (κ3) is 5.55. The Morgan fingerprint density at radius 2 is 1.86 bits per heavy atom. The van der Waals surface area contributed by atoms with Gasteiger partial charge >= 0.3 is 12.4 Å². The number of hydrogen-bond donors (Lipinski definition) is 2. The highest BCUT2D eigenvalue weighted by molar-refractivity contribution is 6.35. The highest BCUT2D eigenvalue weighted by Crippen LogP contribution is 2.32. The number of aromatic nitrogens is 2. The average molecular weight is 447 g/mol. The van der Waals surface area contributed by atoms with E-state index in [2.05, 4.69) is 26.3 Å². The van der Waals surface area contributed by atoms with E-state index < -0.39 is 42.1 Å². The van der Waals surface area contributed by atoms with Crippen molar-refractivity contribution >= 4 is 34.7 Å². The monoisotopic (exact) mass is 446 g/mol. The van der Waals surface area contributed by atoms with Gasteiger partial charge in [-0.25, -0.2) is 9.98 Å². The van der Waals surface area contributed by atoms with Gasteiger partial charge in [0.15, 0.2) is 18.1 Å². The first-order chi connectivity index (χ1) is 12.8. The van der Waals surface area contributed by atoms with E-state index >= 15 is 0 Å². The number of imidazole rings is 1. The summed E-state index contributed by atoms with van der Waals surface area (Å²) in [5, 5.41) is 0.350. The smallest absolute Gasteiger partial charge is 0.435 e. The minimum atomic E-state index is -5.11. The van der Waals surface area contributed by atoms with Crippen molar-refractivity contribution in [2.45, 2.75) is 12.4 Å². The number of benzene rings is 1. The molecule has 13 heteroatoms.